The van der Waals surface area contributed by atoms with Crippen LogP contribution in [-0.2, 0) is 0 Å². The summed E-state index contributed by atoms with van der Waals surface area (Å²) < 4.78 is 51.0. The van der Waals surface area contributed by atoms with Crippen LogP contribution in [0.15, 0.2) is 42.7 Å². The quantitative estimate of drug-likeness (QED) is 0.615. The number of nitrogens with zero attached hydrogens (tertiary/aromatic N) is 1. The fourth-order valence-corrected chi connectivity index (χ4v) is 1.61. The Hall–Kier alpha value is -2.24. The number of hydrogen-bond donors (Lipinski definition) is 0. The zero-order valence-corrected chi connectivity index (χ0v) is 9.41. The number of ketones is 1. The maximum Gasteiger partial charge on any atom is 0.454 e. The first kappa shape index (κ1) is 13.2. The zero-order valence-electron chi connectivity index (χ0n) is 9.41. The summed E-state index contributed by atoms with van der Waals surface area (Å²) in [5.41, 5.74) is -0.705. The molecule has 6 heteroatoms. The highest BCUT2D eigenvalue weighted by Gasteiger charge is 2.41. The maximum atomic E-state index is 14.0. The monoisotopic (exact) mass is 269 g/mol. The number of carbonyl (C=O) groups is 1. The van der Waals surface area contributed by atoms with E-state index in [-0.39, 0.29) is 5.56 Å². The standard InChI is InChI=1S/C13H7F4NO/c14-11-9(8-4-6-18-7-5-8)2-1-3-10(11)12(19)13(15,16)17/h1-7H. The van der Waals surface area contributed by atoms with Crippen molar-refractivity contribution in [1.29, 1.82) is 0 Å². The molecule has 1 heterocycles. The van der Waals surface area contributed by atoms with E-state index >= 15 is 0 Å². The van der Waals surface area contributed by atoms with Gasteiger partial charge in [0.2, 0.25) is 0 Å². The van der Waals surface area contributed by atoms with Gasteiger partial charge in [-0.1, -0.05) is 12.1 Å². The Balaban J connectivity index is 2.54. The summed E-state index contributed by atoms with van der Waals surface area (Å²) in [6.45, 7) is 0. The third-order valence-electron chi connectivity index (χ3n) is 2.49. The van der Waals surface area contributed by atoms with Gasteiger partial charge in [-0.25, -0.2) is 4.39 Å². The van der Waals surface area contributed by atoms with E-state index in [0.717, 1.165) is 6.07 Å². The minimum Gasteiger partial charge on any atom is -0.284 e. The molecule has 0 aliphatic heterocycles. The molecule has 0 N–H and O–H groups in total. The first-order valence-electron chi connectivity index (χ1n) is 5.21. The molecule has 0 aliphatic rings. The van der Waals surface area contributed by atoms with Gasteiger partial charge in [0.1, 0.15) is 5.82 Å². The number of pyridine rings is 1. The van der Waals surface area contributed by atoms with Gasteiger partial charge in [0.25, 0.3) is 5.78 Å². The summed E-state index contributed by atoms with van der Waals surface area (Å²) in [5.74, 6) is -3.38. The zero-order chi connectivity index (χ0) is 14.0. The molecule has 1 aromatic carbocycles. The van der Waals surface area contributed by atoms with E-state index in [9.17, 15) is 22.4 Å². The summed E-state index contributed by atoms with van der Waals surface area (Å²) >= 11 is 0. The van der Waals surface area contributed by atoms with E-state index in [4.69, 9.17) is 0 Å². The smallest absolute Gasteiger partial charge is 0.284 e. The summed E-state index contributed by atoms with van der Waals surface area (Å²) in [5, 5.41) is 0. The number of halogens is 4. The number of carbonyl (C=O) groups excluding carboxylic acids is 1. The van der Waals surface area contributed by atoms with Crippen molar-refractivity contribution in [2.24, 2.45) is 0 Å². The highest BCUT2D eigenvalue weighted by molar-refractivity contribution is 6.01. The summed E-state index contributed by atoms with van der Waals surface area (Å²) in [7, 11) is 0. The van der Waals surface area contributed by atoms with Crippen LogP contribution < -0.4 is 0 Å². The van der Waals surface area contributed by atoms with Crippen LogP contribution in [0.1, 0.15) is 10.4 Å². The molecule has 0 saturated carbocycles. The molecule has 0 amide bonds. The van der Waals surface area contributed by atoms with Gasteiger partial charge < -0.3 is 0 Å². The van der Waals surface area contributed by atoms with Gasteiger partial charge in [0.05, 0.1) is 5.56 Å². The van der Waals surface area contributed by atoms with Gasteiger partial charge >= 0.3 is 6.18 Å². The molecule has 0 atom stereocenters. The number of rotatable bonds is 2. The van der Waals surface area contributed by atoms with Crippen LogP contribution in [0.4, 0.5) is 17.6 Å². The van der Waals surface area contributed by atoms with Gasteiger partial charge in [-0.15, -0.1) is 0 Å². The maximum absolute atomic E-state index is 14.0. The van der Waals surface area contributed by atoms with Crippen molar-refractivity contribution in [3.05, 3.63) is 54.1 Å². The molecule has 2 rings (SSSR count). The lowest BCUT2D eigenvalue weighted by molar-refractivity contribution is -0.0887. The van der Waals surface area contributed by atoms with Crippen LogP contribution in [0, 0.1) is 5.82 Å². The number of Topliss-reactive ketones (excluding diaryl/α,β-unsaturated/α-hetero) is 1. The van der Waals surface area contributed by atoms with E-state index in [0.29, 0.717) is 5.56 Å². The van der Waals surface area contributed by atoms with Crippen molar-refractivity contribution >= 4 is 5.78 Å². The molecular weight excluding hydrogens is 262 g/mol. The molecule has 0 spiro atoms. The minimum absolute atomic E-state index is 0.0718. The van der Waals surface area contributed by atoms with E-state index in [1.807, 2.05) is 0 Å². The van der Waals surface area contributed by atoms with Gasteiger partial charge in [-0.05, 0) is 23.8 Å². The minimum atomic E-state index is -5.10. The first-order chi connectivity index (χ1) is 8.91. The number of benzene rings is 1. The molecule has 19 heavy (non-hydrogen) atoms. The average molecular weight is 269 g/mol. The number of hydrogen-bond acceptors (Lipinski definition) is 2. The molecule has 0 bridgehead atoms. The Labute approximate surface area is 105 Å². The van der Waals surface area contributed by atoms with Gasteiger partial charge in [-0.2, -0.15) is 13.2 Å². The molecular formula is C13H7F4NO. The van der Waals surface area contributed by atoms with Crippen molar-refractivity contribution in [3.63, 3.8) is 0 Å². The second-order valence-corrected chi connectivity index (χ2v) is 3.73. The van der Waals surface area contributed by atoms with E-state index in [1.165, 1.54) is 36.7 Å². The normalized spacial score (nSPS) is 11.4. The Kier molecular flexibility index (Phi) is 3.33. The predicted molar refractivity (Wildman–Crippen MR) is 60.0 cm³/mol. The fraction of sp³-hybridized carbons (Fsp3) is 0.0769. The van der Waals surface area contributed by atoms with Crippen LogP contribution in [0.25, 0.3) is 11.1 Å². The Bertz CT molecular complexity index is 608. The molecule has 0 unspecified atom stereocenters. The van der Waals surface area contributed by atoms with E-state index in [2.05, 4.69) is 4.98 Å². The number of aromatic nitrogens is 1. The lowest BCUT2D eigenvalue weighted by atomic mass is 10.0. The summed E-state index contributed by atoms with van der Waals surface area (Å²) in [6, 6.07) is 6.21. The Morgan fingerprint density at radius 3 is 2.26 bits per heavy atom. The molecule has 2 nitrogen and oxygen atoms in total. The van der Waals surface area contributed by atoms with Crippen LogP contribution in [-0.4, -0.2) is 16.9 Å². The van der Waals surface area contributed by atoms with Crippen molar-refractivity contribution in [1.82, 2.24) is 4.98 Å². The van der Waals surface area contributed by atoms with E-state index in [1.54, 1.807) is 0 Å². The van der Waals surface area contributed by atoms with Crippen LogP contribution in [0.5, 0.6) is 0 Å². The lowest BCUT2D eigenvalue weighted by Gasteiger charge is -2.09. The van der Waals surface area contributed by atoms with Crippen molar-refractivity contribution in [3.8, 4) is 11.1 Å². The highest BCUT2D eigenvalue weighted by Crippen LogP contribution is 2.28. The lowest BCUT2D eigenvalue weighted by Crippen LogP contribution is -2.24. The van der Waals surface area contributed by atoms with Gasteiger partial charge in [-0.3, -0.25) is 9.78 Å². The second-order valence-electron chi connectivity index (χ2n) is 3.73. The topological polar surface area (TPSA) is 30.0 Å². The number of alkyl halides is 3. The van der Waals surface area contributed by atoms with Crippen molar-refractivity contribution in [2.75, 3.05) is 0 Å². The average Bonchev–Trinajstić information content (AvgIpc) is 2.38. The SMILES string of the molecule is O=C(c1cccc(-c2ccncc2)c1F)C(F)(F)F. The third-order valence-corrected chi connectivity index (χ3v) is 2.49. The first-order valence-corrected chi connectivity index (χ1v) is 5.21. The summed E-state index contributed by atoms with van der Waals surface area (Å²) in [6.07, 6.45) is -2.34. The van der Waals surface area contributed by atoms with Crippen LogP contribution in [0.2, 0.25) is 0 Å². The Morgan fingerprint density at radius 2 is 1.68 bits per heavy atom. The van der Waals surface area contributed by atoms with Crippen LogP contribution in [0.3, 0.4) is 0 Å². The molecule has 0 fully saturated rings. The summed E-state index contributed by atoms with van der Waals surface area (Å²) in [4.78, 5) is 14.8. The second kappa shape index (κ2) is 4.79. The molecule has 1 aromatic heterocycles. The highest BCUT2D eigenvalue weighted by atomic mass is 19.4. The van der Waals surface area contributed by atoms with Crippen molar-refractivity contribution in [2.45, 2.75) is 6.18 Å². The molecule has 0 aliphatic carbocycles. The fourth-order valence-electron chi connectivity index (χ4n) is 1.61. The third kappa shape index (κ3) is 2.62. The molecule has 0 radical (unpaired) electrons. The largest absolute Gasteiger partial charge is 0.454 e. The molecule has 2 aromatic rings. The van der Waals surface area contributed by atoms with Gasteiger partial charge in [0.15, 0.2) is 0 Å². The molecule has 0 saturated heterocycles. The van der Waals surface area contributed by atoms with Crippen LogP contribution >= 0.6 is 0 Å². The van der Waals surface area contributed by atoms with Gasteiger partial charge in [0, 0.05) is 18.0 Å². The Morgan fingerprint density at radius 1 is 1.05 bits per heavy atom. The predicted octanol–water partition coefficient (Wildman–Crippen LogP) is 3.63. The van der Waals surface area contributed by atoms with Crippen molar-refractivity contribution < 1.29 is 22.4 Å². The molecule has 98 valence electrons. The van der Waals surface area contributed by atoms with E-state index < -0.39 is 23.3 Å².